The predicted octanol–water partition coefficient (Wildman–Crippen LogP) is -0.426. The highest BCUT2D eigenvalue weighted by atomic mass is 16.4. The predicted molar refractivity (Wildman–Crippen MR) is 55.9 cm³/mol. The molecule has 6 nitrogen and oxygen atoms in total. The minimum Gasteiger partial charge on any atom is -0.480 e. The van der Waals surface area contributed by atoms with Crippen molar-refractivity contribution in [3.8, 4) is 0 Å². The lowest BCUT2D eigenvalue weighted by Gasteiger charge is -2.20. The summed E-state index contributed by atoms with van der Waals surface area (Å²) < 4.78 is 1.82. The van der Waals surface area contributed by atoms with Gasteiger partial charge in [-0.25, -0.2) is 4.98 Å². The molecule has 0 radical (unpaired) electrons. The van der Waals surface area contributed by atoms with Crippen molar-refractivity contribution in [2.24, 2.45) is 0 Å². The summed E-state index contributed by atoms with van der Waals surface area (Å²) in [6.07, 6.45) is 4.53. The first kappa shape index (κ1) is 11.1. The van der Waals surface area contributed by atoms with Crippen molar-refractivity contribution in [2.75, 3.05) is 13.1 Å². The van der Waals surface area contributed by atoms with Gasteiger partial charge < -0.3 is 14.8 Å². The lowest BCUT2D eigenvalue weighted by molar-refractivity contribution is -0.142. The van der Waals surface area contributed by atoms with Crippen LogP contribution in [-0.4, -0.2) is 55.9 Å². The average molecular weight is 225 g/mol. The molecule has 2 rings (SSSR count). The Bertz CT molecular complexity index is 365. The third-order valence-electron chi connectivity index (χ3n) is 3.10. The van der Waals surface area contributed by atoms with Gasteiger partial charge in [-0.05, 0) is 6.92 Å². The molecule has 0 amide bonds. The molecule has 2 N–H and O–H groups in total. The van der Waals surface area contributed by atoms with Crippen molar-refractivity contribution in [3.05, 3.63) is 18.7 Å². The molecule has 1 saturated heterocycles. The molecule has 0 aliphatic carbocycles. The molecule has 1 aliphatic heterocycles. The molecule has 2 heterocycles. The van der Waals surface area contributed by atoms with Crippen LogP contribution in [0.25, 0.3) is 0 Å². The molecule has 0 saturated carbocycles. The molecule has 1 aliphatic rings. The number of hydrogen-bond acceptors (Lipinski definition) is 4. The van der Waals surface area contributed by atoms with Crippen LogP contribution in [0.15, 0.2) is 18.7 Å². The number of aliphatic hydroxyl groups is 1. The number of hydrogen-bond donors (Lipinski definition) is 2. The Balaban J connectivity index is 2.07. The number of nitrogens with zero attached hydrogens (tertiary/aromatic N) is 3. The average Bonchev–Trinajstić information content (AvgIpc) is 2.84. The van der Waals surface area contributed by atoms with Gasteiger partial charge >= 0.3 is 5.97 Å². The molecule has 1 aromatic heterocycles. The molecule has 3 atom stereocenters. The van der Waals surface area contributed by atoms with Crippen LogP contribution in [0.5, 0.6) is 0 Å². The molecule has 1 aromatic rings. The Morgan fingerprint density at radius 1 is 1.56 bits per heavy atom. The van der Waals surface area contributed by atoms with Crippen LogP contribution in [0.2, 0.25) is 0 Å². The number of likely N-dealkylation sites (tertiary alicyclic amines) is 1. The van der Waals surface area contributed by atoms with Gasteiger partial charge in [-0.2, -0.15) is 0 Å². The second-order valence-electron chi connectivity index (χ2n) is 4.11. The normalized spacial score (nSPS) is 28.1. The van der Waals surface area contributed by atoms with Crippen LogP contribution in [0.3, 0.4) is 0 Å². The topological polar surface area (TPSA) is 78.6 Å². The molecule has 6 heteroatoms. The number of aliphatic hydroxyl groups excluding tert-OH is 1. The van der Waals surface area contributed by atoms with Gasteiger partial charge in [0.1, 0.15) is 6.04 Å². The van der Waals surface area contributed by atoms with Crippen molar-refractivity contribution >= 4 is 5.97 Å². The quantitative estimate of drug-likeness (QED) is 0.730. The molecule has 16 heavy (non-hydrogen) atoms. The molecule has 1 fully saturated rings. The van der Waals surface area contributed by atoms with Crippen molar-refractivity contribution in [1.82, 2.24) is 14.5 Å². The van der Waals surface area contributed by atoms with Gasteiger partial charge in [0.2, 0.25) is 0 Å². The van der Waals surface area contributed by atoms with E-state index in [1.807, 2.05) is 4.57 Å². The minimum absolute atomic E-state index is 0.107. The van der Waals surface area contributed by atoms with E-state index in [0.717, 1.165) is 0 Å². The molecule has 0 spiro atoms. The second kappa shape index (κ2) is 4.23. The van der Waals surface area contributed by atoms with Gasteiger partial charge in [0.25, 0.3) is 0 Å². The van der Waals surface area contributed by atoms with E-state index in [1.165, 1.54) is 0 Å². The van der Waals surface area contributed by atoms with E-state index in [-0.39, 0.29) is 6.04 Å². The third-order valence-corrected chi connectivity index (χ3v) is 3.10. The Morgan fingerprint density at radius 3 is 2.88 bits per heavy atom. The SMILES string of the molecule is C[C@H](C(=O)O)N1C[C@@H](O)[C@@H](n2ccnc2)C1. The van der Waals surface area contributed by atoms with E-state index >= 15 is 0 Å². The Hall–Kier alpha value is -1.40. The fourth-order valence-corrected chi connectivity index (χ4v) is 2.03. The van der Waals surface area contributed by atoms with E-state index in [9.17, 15) is 9.90 Å². The summed E-state index contributed by atoms with van der Waals surface area (Å²) in [4.78, 5) is 16.5. The maximum Gasteiger partial charge on any atom is 0.320 e. The number of carbonyl (C=O) groups is 1. The lowest BCUT2D eigenvalue weighted by Crippen LogP contribution is -2.37. The fourth-order valence-electron chi connectivity index (χ4n) is 2.03. The molecule has 0 unspecified atom stereocenters. The van der Waals surface area contributed by atoms with Gasteiger partial charge in [-0.1, -0.05) is 0 Å². The third kappa shape index (κ3) is 1.94. The second-order valence-corrected chi connectivity index (χ2v) is 4.11. The number of aromatic nitrogens is 2. The highest BCUT2D eigenvalue weighted by Gasteiger charge is 2.36. The molecule has 0 bridgehead atoms. The van der Waals surface area contributed by atoms with Crippen LogP contribution in [0.1, 0.15) is 13.0 Å². The van der Waals surface area contributed by atoms with Gasteiger partial charge in [-0.15, -0.1) is 0 Å². The van der Waals surface area contributed by atoms with Crippen LogP contribution in [-0.2, 0) is 4.79 Å². The Kier molecular flexibility index (Phi) is 2.93. The Labute approximate surface area is 93.1 Å². The first-order valence-electron chi connectivity index (χ1n) is 5.22. The van der Waals surface area contributed by atoms with Gasteiger partial charge in [0.15, 0.2) is 0 Å². The van der Waals surface area contributed by atoms with Gasteiger partial charge in [0, 0.05) is 25.5 Å². The van der Waals surface area contributed by atoms with E-state index in [2.05, 4.69) is 4.98 Å². The summed E-state index contributed by atoms with van der Waals surface area (Å²) in [6, 6.07) is -0.674. The van der Waals surface area contributed by atoms with Crippen molar-refractivity contribution < 1.29 is 15.0 Å². The van der Waals surface area contributed by atoms with Crippen molar-refractivity contribution in [1.29, 1.82) is 0 Å². The van der Waals surface area contributed by atoms with Crippen LogP contribution >= 0.6 is 0 Å². The van der Waals surface area contributed by atoms with E-state index in [1.54, 1.807) is 30.5 Å². The molecule has 0 aromatic carbocycles. The zero-order chi connectivity index (χ0) is 11.7. The standard InChI is InChI=1S/C10H15N3O3/c1-7(10(15)16)13-4-8(9(14)5-13)12-3-2-11-6-12/h2-3,6-9,14H,4-5H2,1H3,(H,15,16)/t7-,8+,9-/m1/s1. The summed E-state index contributed by atoms with van der Waals surface area (Å²) in [7, 11) is 0. The van der Waals surface area contributed by atoms with Crippen molar-refractivity contribution in [3.63, 3.8) is 0 Å². The number of imidazole rings is 1. The maximum atomic E-state index is 10.8. The van der Waals surface area contributed by atoms with Gasteiger partial charge in [0.05, 0.1) is 18.5 Å². The largest absolute Gasteiger partial charge is 0.480 e. The van der Waals surface area contributed by atoms with E-state index < -0.39 is 18.1 Å². The Morgan fingerprint density at radius 2 is 2.31 bits per heavy atom. The maximum absolute atomic E-state index is 10.8. The minimum atomic E-state index is -0.863. The highest BCUT2D eigenvalue weighted by molar-refractivity contribution is 5.72. The lowest BCUT2D eigenvalue weighted by atomic mass is 10.2. The van der Waals surface area contributed by atoms with E-state index in [0.29, 0.717) is 13.1 Å². The zero-order valence-electron chi connectivity index (χ0n) is 9.02. The van der Waals surface area contributed by atoms with Gasteiger partial charge in [-0.3, -0.25) is 9.69 Å². The zero-order valence-corrected chi connectivity index (χ0v) is 9.02. The summed E-state index contributed by atoms with van der Waals surface area (Å²) in [5, 5.41) is 18.8. The first-order chi connectivity index (χ1) is 7.59. The highest BCUT2D eigenvalue weighted by Crippen LogP contribution is 2.23. The monoisotopic (exact) mass is 225 g/mol. The number of carboxylic acids is 1. The molecular weight excluding hydrogens is 210 g/mol. The van der Waals surface area contributed by atoms with Crippen LogP contribution in [0, 0.1) is 0 Å². The number of β-amino-alcohol motifs (C(OH)–C–C–N with tert-alkyl or cyclic N) is 1. The van der Waals surface area contributed by atoms with Crippen LogP contribution < -0.4 is 0 Å². The number of carboxylic acid groups (broad SMARTS) is 1. The van der Waals surface area contributed by atoms with Crippen molar-refractivity contribution in [2.45, 2.75) is 25.1 Å². The van der Waals surface area contributed by atoms with E-state index in [4.69, 9.17) is 5.11 Å². The molecule has 88 valence electrons. The summed E-state index contributed by atoms with van der Waals surface area (Å²) >= 11 is 0. The molecular formula is C10H15N3O3. The number of aliphatic carboxylic acids is 1. The number of rotatable bonds is 3. The fraction of sp³-hybridized carbons (Fsp3) is 0.600. The summed E-state index contributed by atoms with van der Waals surface area (Å²) in [6.45, 7) is 2.55. The smallest absolute Gasteiger partial charge is 0.320 e. The first-order valence-corrected chi connectivity index (χ1v) is 5.22. The summed E-state index contributed by atoms with van der Waals surface area (Å²) in [5.41, 5.74) is 0. The van der Waals surface area contributed by atoms with Crippen LogP contribution in [0.4, 0.5) is 0 Å². The summed E-state index contributed by atoms with van der Waals surface area (Å²) in [5.74, 6) is -0.863.